The highest BCUT2D eigenvalue weighted by Crippen LogP contribution is 2.04. The molecule has 3 heteroatoms. The maximum Gasteiger partial charge on any atom is 0.0260 e. The standard InChI is InChI=1S/C11H25NOS/c1-5-10(3)9-14(13)8-7-11(4)12-6-2/h10-12H,5-9H2,1-4H3. The third-order valence-corrected chi connectivity index (χ3v) is 4.13. The van der Waals surface area contributed by atoms with Crippen molar-refractivity contribution in [2.24, 2.45) is 5.92 Å². The fraction of sp³-hybridized carbons (Fsp3) is 1.00. The Morgan fingerprint density at radius 1 is 1.29 bits per heavy atom. The van der Waals surface area contributed by atoms with Crippen molar-refractivity contribution in [2.45, 2.75) is 46.6 Å². The Morgan fingerprint density at radius 2 is 1.93 bits per heavy atom. The molecule has 3 atom stereocenters. The van der Waals surface area contributed by atoms with E-state index in [2.05, 4.69) is 33.0 Å². The van der Waals surface area contributed by atoms with Crippen LogP contribution in [-0.4, -0.2) is 28.3 Å². The van der Waals surface area contributed by atoms with Gasteiger partial charge in [-0.05, 0) is 25.8 Å². The molecule has 0 radical (unpaired) electrons. The lowest BCUT2D eigenvalue weighted by atomic mass is 10.2. The molecule has 3 unspecified atom stereocenters. The van der Waals surface area contributed by atoms with Crippen LogP contribution >= 0.6 is 0 Å². The van der Waals surface area contributed by atoms with Crippen molar-refractivity contribution in [3.63, 3.8) is 0 Å². The van der Waals surface area contributed by atoms with Gasteiger partial charge in [0.25, 0.3) is 0 Å². The van der Waals surface area contributed by atoms with E-state index < -0.39 is 10.8 Å². The summed E-state index contributed by atoms with van der Waals surface area (Å²) < 4.78 is 11.6. The number of rotatable bonds is 8. The highest BCUT2D eigenvalue weighted by molar-refractivity contribution is 7.84. The second kappa shape index (κ2) is 8.42. The summed E-state index contributed by atoms with van der Waals surface area (Å²) in [7, 11) is -0.614. The zero-order chi connectivity index (χ0) is 11.0. The smallest absolute Gasteiger partial charge is 0.0260 e. The molecule has 0 rings (SSSR count). The predicted molar refractivity (Wildman–Crippen MR) is 65.1 cm³/mol. The summed E-state index contributed by atoms with van der Waals surface area (Å²) in [5.74, 6) is 2.32. The van der Waals surface area contributed by atoms with Gasteiger partial charge in [-0.1, -0.05) is 27.2 Å². The molecule has 14 heavy (non-hydrogen) atoms. The van der Waals surface area contributed by atoms with Gasteiger partial charge in [-0.3, -0.25) is 4.21 Å². The Balaban J connectivity index is 3.53. The van der Waals surface area contributed by atoms with E-state index in [1.165, 1.54) is 0 Å². The molecule has 0 fully saturated rings. The average molecular weight is 219 g/mol. The van der Waals surface area contributed by atoms with Crippen LogP contribution < -0.4 is 5.32 Å². The van der Waals surface area contributed by atoms with Crippen LogP contribution in [-0.2, 0) is 10.8 Å². The Bertz CT molecular complexity index is 161. The molecule has 1 N–H and O–H groups in total. The highest BCUT2D eigenvalue weighted by Gasteiger charge is 2.07. The van der Waals surface area contributed by atoms with Crippen LogP contribution in [0.15, 0.2) is 0 Å². The third kappa shape index (κ3) is 7.51. The van der Waals surface area contributed by atoms with Gasteiger partial charge in [-0.15, -0.1) is 0 Å². The van der Waals surface area contributed by atoms with Gasteiger partial charge in [-0.2, -0.15) is 0 Å². The van der Waals surface area contributed by atoms with Crippen LogP contribution in [0.5, 0.6) is 0 Å². The zero-order valence-electron chi connectivity index (χ0n) is 10.0. The quantitative estimate of drug-likeness (QED) is 0.678. The molecule has 86 valence electrons. The van der Waals surface area contributed by atoms with Crippen LogP contribution in [0.3, 0.4) is 0 Å². The zero-order valence-corrected chi connectivity index (χ0v) is 10.8. The van der Waals surface area contributed by atoms with Gasteiger partial charge < -0.3 is 5.32 Å². The predicted octanol–water partition coefficient (Wildman–Crippen LogP) is 2.17. The molecule has 0 saturated carbocycles. The molecular weight excluding hydrogens is 194 g/mol. The number of hydrogen-bond donors (Lipinski definition) is 1. The molecule has 0 spiro atoms. The summed E-state index contributed by atoms with van der Waals surface area (Å²) in [6, 6.07) is 0.501. The van der Waals surface area contributed by atoms with Crippen molar-refractivity contribution < 1.29 is 4.21 Å². The van der Waals surface area contributed by atoms with Crippen molar-refractivity contribution in [3.8, 4) is 0 Å². The minimum absolute atomic E-state index is 0.501. The molecule has 0 aromatic carbocycles. The third-order valence-electron chi connectivity index (χ3n) is 2.50. The van der Waals surface area contributed by atoms with E-state index in [1.807, 2.05) is 0 Å². The van der Waals surface area contributed by atoms with Crippen LogP contribution in [0.1, 0.15) is 40.5 Å². The Hall–Kier alpha value is 0.110. The Morgan fingerprint density at radius 3 is 2.43 bits per heavy atom. The molecule has 0 heterocycles. The summed E-state index contributed by atoms with van der Waals surface area (Å²) in [4.78, 5) is 0. The van der Waals surface area contributed by atoms with E-state index >= 15 is 0 Å². The van der Waals surface area contributed by atoms with Crippen molar-refractivity contribution in [1.29, 1.82) is 0 Å². The average Bonchev–Trinajstić information content (AvgIpc) is 2.15. The van der Waals surface area contributed by atoms with E-state index in [0.29, 0.717) is 12.0 Å². The monoisotopic (exact) mass is 219 g/mol. The summed E-state index contributed by atoms with van der Waals surface area (Å²) in [6.07, 6.45) is 2.16. The first-order valence-electron chi connectivity index (χ1n) is 5.68. The van der Waals surface area contributed by atoms with Gasteiger partial charge >= 0.3 is 0 Å². The van der Waals surface area contributed by atoms with E-state index in [9.17, 15) is 4.21 Å². The lowest BCUT2D eigenvalue weighted by molar-refractivity contribution is 0.550. The molecule has 0 aromatic rings. The first-order valence-corrected chi connectivity index (χ1v) is 7.17. The molecule has 0 aromatic heterocycles. The molecule has 0 bridgehead atoms. The first-order chi connectivity index (χ1) is 6.60. The van der Waals surface area contributed by atoms with E-state index in [4.69, 9.17) is 0 Å². The summed E-state index contributed by atoms with van der Waals surface area (Å²) >= 11 is 0. The molecule has 0 aliphatic carbocycles. The Kier molecular flexibility index (Phi) is 8.49. The molecule has 2 nitrogen and oxygen atoms in total. The molecular formula is C11H25NOS. The van der Waals surface area contributed by atoms with E-state index in [-0.39, 0.29) is 0 Å². The largest absolute Gasteiger partial charge is 0.315 e. The Labute approximate surface area is 91.3 Å². The van der Waals surface area contributed by atoms with Crippen LogP contribution in [0.25, 0.3) is 0 Å². The van der Waals surface area contributed by atoms with Gasteiger partial charge in [0.05, 0.1) is 0 Å². The fourth-order valence-electron chi connectivity index (χ4n) is 1.28. The van der Waals surface area contributed by atoms with Crippen molar-refractivity contribution in [1.82, 2.24) is 5.32 Å². The maximum absolute atomic E-state index is 11.6. The summed E-state index contributed by atoms with van der Waals surface area (Å²) in [5, 5.41) is 3.33. The van der Waals surface area contributed by atoms with Gasteiger partial charge in [0, 0.05) is 28.3 Å². The lowest BCUT2D eigenvalue weighted by Gasteiger charge is -2.12. The van der Waals surface area contributed by atoms with E-state index in [1.54, 1.807) is 0 Å². The second-order valence-electron chi connectivity index (χ2n) is 4.07. The summed E-state index contributed by atoms with van der Waals surface area (Å²) in [6.45, 7) is 9.59. The topological polar surface area (TPSA) is 29.1 Å². The maximum atomic E-state index is 11.6. The highest BCUT2D eigenvalue weighted by atomic mass is 32.2. The lowest BCUT2D eigenvalue weighted by Crippen LogP contribution is -2.27. The minimum atomic E-state index is -0.614. The second-order valence-corrected chi connectivity index (χ2v) is 5.69. The number of hydrogen-bond acceptors (Lipinski definition) is 2. The van der Waals surface area contributed by atoms with Crippen LogP contribution in [0, 0.1) is 5.92 Å². The van der Waals surface area contributed by atoms with Crippen molar-refractivity contribution in [3.05, 3.63) is 0 Å². The van der Waals surface area contributed by atoms with Gasteiger partial charge in [-0.25, -0.2) is 0 Å². The van der Waals surface area contributed by atoms with Crippen LogP contribution in [0.4, 0.5) is 0 Å². The van der Waals surface area contributed by atoms with Crippen molar-refractivity contribution >= 4 is 10.8 Å². The van der Waals surface area contributed by atoms with Gasteiger partial charge in [0.15, 0.2) is 0 Å². The van der Waals surface area contributed by atoms with Gasteiger partial charge in [0.1, 0.15) is 0 Å². The summed E-state index contributed by atoms with van der Waals surface area (Å²) in [5.41, 5.74) is 0. The van der Waals surface area contributed by atoms with Crippen LogP contribution in [0.2, 0.25) is 0 Å². The van der Waals surface area contributed by atoms with Gasteiger partial charge in [0.2, 0.25) is 0 Å². The SMILES string of the molecule is CCNC(C)CCS(=O)CC(C)CC. The van der Waals surface area contributed by atoms with E-state index in [0.717, 1.165) is 30.9 Å². The first kappa shape index (κ1) is 14.1. The minimum Gasteiger partial charge on any atom is -0.315 e. The molecule has 0 aliphatic heterocycles. The molecule has 0 amide bonds. The van der Waals surface area contributed by atoms with Crippen molar-refractivity contribution in [2.75, 3.05) is 18.1 Å². The molecule has 0 saturated heterocycles. The normalized spacial score (nSPS) is 17.7. The fourth-order valence-corrected chi connectivity index (χ4v) is 2.93. The molecule has 0 aliphatic rings. The number of nitrogens with one attached hydrogen (secondary N) is 1.